The van der Waals surface area contributed by atoms with Gasteiger partial charge in [-0.05, 0) is 68.2 Å². The Morgan fingerprint density at radius 1 is 1.06 bits per heavy atom. The molecule has 2 heterocycles. The van der Waals surface area contributed by atoms with E-state index in [-0.39, 0.29) is 12.5 Å². The van der Waals surface area contributed by atoms with E-state index in [1.165, 1.54) is 12.8 Å². The van der Waals surface area contributed by atoms with Crippen LogP contribution in [-0.2, 0) is 11.2 Å². The average molecular weight is 471 g/mol. The Balaban J connectivity index is 1.54. The molecule has 1 aliphatic carbocycles. The second-order valence-corrected chi connectivity index (χ2v) is 8.48. The van der Waals surface area contributed by atoms with E-state index in [1.54, 1.807) is 19.2 Å². The molecular formula is C27H26N4O4. The van der Waals surface area contributed by atoms with E-state index >= 15 is 0 Å². The molecule has 178 valence electrons. The van der Waals surface area contributed by atoms with E-state index in [4.69, 9.17) is 19.6 Å². The molecule has 0 aliphatic heterocycles. The van der Waals surface area contributed by atoms with E-state index in [0.717, 1.165) is 35.2 Å². The van der Waals surface area contributed by atoms with Crippen molar-refractivity contribution in [2.45, 2.75) is 38.2 Å². The van der Waals surface area contributed by atoms with Gasteiger partial charge in [0.15, 0.2) is 17.3 Å². The van der Waals surface area contributed by atoms with Crippen LogP contribution in [0.3, 0.4) is 0 Å². The fourth-order valence-corrected chi connectivity index (χ4v) is 4.41. The largest absolute Gasteiger partial charge is 0.493 e. The molecule has 0 spiro atoms. The first kappa shape index (κ1) is 22.6. The zero-order valence-electron chi connectivity index (χ0n) is 19.4. The minimum absolute atomic E-state index is 0.176. The van der Waals surface area contributed by atoms with E-state index in [2.05, 4.69) is 10.2 Å². The fraction of sp³-hybridized carbons (Fsp3) is 0.259. The van der Waals surface area contributed by atoms with E-state index in [9.17, 15) is 4.79 Å². The topological polar surface area (TPSA) is 99.4 Å². The predicted octanol–water partition coefficient (Wildman–Crippen LogP) is 4.94. The summed E-state index contributed by atoms with van der Waals surface area (Å²) in [6, 6.07) is 17.1. The average Bonchev–Trinajstić information content (AvgIpc) is 3.51. The molecule has 8 nitrogen and oxygen atoms in total. The summed E-state index contributed by atoms with van der Waals surface area (Å²) in [5, 5.41) is 17.4. The van der Waals surface area contributed by atoms with Crippen LogP contribution in [0, 0.1) is 0 Å². The number of carbonyl (C=O) groups is 1. The molecule has 0 amide bonds. The number of aromatic nitrogens is 4. The van der Waals surface area contributed by atoms with Crippen LogP contribution in [0.25, 0.3) is 29.0 Å². The van der Waals surface area contributed by atoms with Crippen molar-refractivity contribution in [3.63, 3.8) is 0 Å². The number of carboxylic acids is 1. The van der Waals surface area contributed by atoms with Crippen LogP contribution in [0.4, 0.5) is 0 Å². The maximum Gasteiger partial charge on any atom is 0.309 e. The highest BCUT2D eigenvalue weighted by atomic mass is 16.5. The molecule has 0 atom stereocenters. The summed E-state index contributed by atoms with van der Waals surface area (Å²) in [6.45, 7) is 0. The monoisotopic (exact) mass is 470 g/mol. The van der Waals surface area contributed by atoms with Crippen molar-refractivity contribution >= 4 is 29.2 Å². The minimum atomic E-state index is -0.947. The smallest absolute Gasteiger partial charge is 0.309 e. The van der Waals surface area contributed by atoms with Crippen molar-refractivity contribution in [2.75, 3.05) is 7.11 Å². The molecule has 1 saturated carbocycles. The SMILES string of the molecule is COc1cccc(C=Cc2nc3ccccc3n2-c2ccc(CC(=O)O)nn2)c1OC1CCCC1. The molecule has 2 aromatic carbocycles. The molecule has 1 fully saturated rings. The van der Waals surface area contributed by atoms with Gasteiger partial charge in [-0.1, -0.05) is 24.3 Å². The predicted molar refractivity (Wildman–Crippen MR) is 133 cm³/mol. The van der Waals surface area contributed by atoms with Crippen LogP contribution in [0.1, 0.15) is 42.8 Å². The van der Waals surface area contributed by atoms with Crippen molar-refractivity contribution in [2.24, 2.45) is 0 Å². The number of hydrogen-bond donors (Lipinski definition) is 1. The van der Waals surface area contributed by atoms with Gasteiger partial charge >= 0.3 is 5.97 Å². The van der Waals surface area contributed by atoms with Gasteiger partial charge in [-0.15, -0.1) is 5.10 Å². The lowest BCUT2D eigenvalue weighted by atomic mass is 10.1. The number of rotatable bonds is 8. The number of hydrogen-bond acceptors (Lipinski definition) is 6. The van der Waals surface area contributed by atoms with Crippen molar-refractivity contribution in [3.05, 3.63) is 71.7 Å². The third kappa shape index (κ3) is 4.87. The molecule has 5 rings (SSSR count). The number of methoxy groups -OCH3 is 1. The van der Waals surface area contributed by atoms with Crippen LogP contribution in [0.2, 0.25) is 0 Å². The Morgan fingerprint density at radius 2 is 1.89 bits per heavy atom. The number of para-hydroxylation sites is 3. The molecule has 0 bridgehead atoms. The van der Waals surface area contributed by atoms with Crippen LogP contribution >= 0.6 is 0 Å². The summed E-state index contributed by atoms with van der Waals surface area (Å²) in [4.78, 5) is 15.8. The van der Waals surface area contributed by atoms with Crippen molar-refractivity contribution < 1.29 is 19.4 Å². The Labute approximate surface area is 202 Å². The number of imidazole rings is 1. The lowest BCUT2D eigenvalue weighted by molar-refractivity contribution is -0.136. The summed E-state index contributed by atoms with van der Waals surface area (Å²) in [5.41, 5.74) is 2.99. The number of fused-ring (bicyclic) bond motifs is 1. The lowest BCUT2D eigenvalue weighted by Crippen LogP contribution is -2.12. The Bertz CT molecular complexity index is 1370. The van der Waals surface area contributed by atoms with Crippen LogP contribution in [0.15, 0.2) is 54.6 Å². The third-order valence-corrected chi connectivity index (χ3v) is 6.08. The summed E-state index contributed by atoms with van der Waals surface area (Å²) < 4.78 is 13.9. The standard InChI is InChI=1S/C27H26N4O4/c1-34-23-12-6-7-18(27(23)35-20-8-2-3-9-20)13-15-24-28-21-10-4-5-11-22(21)31(24)25-16-14-19(29-30-25)17-26(32)33/h4-7,10-16,20H,2-3,8-9,17H2,1H3,(H,32,33). The number of carboxylic acid groups (broad SMARTS) is 1. The molecule has 1 N–H and O–H groups in total. The molecule has 35 heavy (non-hydrogen) atoms. The summed E-state index contributed by atoms with van der Waals surface area (Å²) in [7, 11) is 1.65. The second-order valence-electron chi connectivity index (χ2n) is 8.48. The van der Waals surface area contributed by atoms with Gasteiger partial charge in [0.05, 0.1) is 36.4 Å². The first-order valence-electron chi connectivity index (χ1n) is 11.7. The highest BCUT2D eigenvalue weighted by Crippen LogP contribution is 2.36. The number of aliphatic carboxylic acids is 1. The second kappa shape index (κ2) is 9.97. The normalized spacial score (nSPS) is 14.1. The fourth-order valence-electron chi connectivity index (χ4n) is 4.41. The van der Waals surface area contributed by atoms with Crippen LogP contribution < -0.4 is 9.47 Å². The maximum atomic E-state index is 11.0. The van der Waals surface area contributed by atoms with Crippen LogP contribution in [-0.4, -0.2) is 44.0 Å². The summed E-state index contributed by atoms with van der Waals surface area (Å²) in [5.74, 6) is 1.71. The van der Waals surface area contributed by atoms with E-state index in [1.807, 2.05) is 59.2 Å². The van der Waals surface area contributed by atoms with Gasteiger partial charge in [0, 0.05) is 5.56 Å². The highest BCUT2D eigenvalue weighted by molar-refractivity contribution is 5.82. The minimum Gasteiger partial charge on any atom is -0.493 e. The highest BCUT2D eigenvalue weighted by Gasteiger charge is 2.20. The van der Waals surface area contributed by atoms with Crippen molar-refractivity contribution in [1.29, 1.82) is 0 Å². The van der Waals surface area contributed by atoms with Gasteiger partial charge in [0.2, 0.25) is 0 Å². The number of nitrogens with zero attached hydrogens (tertiary/aromatic N) is 4. The van der Waals surface area contributed by atoms with Gasteiger partial charge in [-0.25, -0.2) is 4.98 Å². The zero-order chi connectivity index (χ0) is 24.2. The van der Waals surface area contributed by atoms with Crippen molar-refractivity contribution in [1.82, 2.24) is 19.7 Å². The molecule has 0 radical (unpaired) electrons. The Hall–Kier alpha value is -4.20. The first-order chi connectivity index (χ1) is 17.1. The molecule has 2 aromatic heterocycles. The molecule has 0 unspecified atom stereocenters. The van der Waals surface area contributed by atoms with Gasteiger partial charge in [0.1, 0.15) is 5.82 Å². The summed E-state index contributed by atoms with van der Waals surface area (Å²) in [6.07, 6.45) is 8.37. The molecule has 1 aliphatic rings. The lowest BCUT2D eigenvalue weighted by Gasteiger charge is -2.18. The Kier molecular flexibility index (Phi) is 6.43. The summed E-state index contributed by atoms with van der Waals surface area (Å²) >= 11 is 0. The van der Waals surface area contributed by atoms with E-state index in [0.29, 0.717) is 23.1 Å². The molecule has 4 aromatic rings. The van der Waals surface area contributed by atoms with Gasteiger partial charge < -0.3 is 14.6 Å². The molecule has 0 saturated heterocycles. The quantitative estimate of drug-likeness (QED) is 0.389. The first-order valence-corrected chi connectivity index (χ1v) is 11.7. The Morgan fingerprint density at radius 3 is 2.63 bits per heavy atom. The number of benzene rings is 2. The van der Waals surface area contributed by atoms with Crippen LogP contribution in [0.5, 0.6) is 11.5 Å². The molecular weight excluding hydrogens is 444 g/mol. The third-order valence-electron chi connectivity index (χ3n) is 6.08. The maximum absolute atomic E-state index is 11.0. The molecule has 8 heteroatoms. The van der Waals surface area contributed by atoms with Gasteiger partial charge in [-0.3, -0.25) is 9.36 Å². The van der Waals surface area contributed by atoms with Gasteiger partial charge in [-0.2, -0.15) is 5.10 Å². The van der Waals surface area contributed by atoms with Gasteiger partial charge in [0.25, 0.3) is 0 Å². The van der Waals surface area contributed by atoms with Crippen molar-refractivity contribution in [3.8, 4) is 17.3 Å². The van der Waals surface area contributed by atoms with E-state index < -0.39 is 5.97 Å². The number of ether oxygens (including phenoxy) is 2. The zero-order valence-corrected chi connectivity index (χ0v) is 19.4.